The molecule has 0 aromatic heterocycles. The van der Waals surface area contributed by atoms with Crippen LogP contribution < -0.4 is 10.6 Å². The van der Waals surface area contributed by atoms with Gasteiger partial charge in [0.25, 0.3) is 0 Å². The lowest BCUT2D eigenvalue weighted by molar-refractivity contribution is 0.238. The number of carbonyl (C=O) groups is 1. The van der Waals surface area contributed by atoms with Crippen LogP contribution in [0.5, 0.6) is 0 Å². The molecule has 3 nitrogen and oxygen atoms in total. The van der Waals surface area contributed by atoms with Gasteiger partial charge in [-0.15, -0.1) is 0 Å². The Hall–Kier alpha value is -1.58. The molecule has 0 aliphatic heterocycles. The van der Waals surface area contributed by atoms with Crippen LogP contribution in [0.2, 0.25) is 0 Å². The number of rotatable bonds is 3. The van der Waals surface area contributed by atoms with E-state index in [1.807, 2.05) is 13.8 Å². The highest BCUT2D eigenvalue weighted by Gasteiger charge is 2.06. The molecule has 0 radical (unpaired) electrons. The maximum atomic E-state index is 13.4. The molecule has 94 valence electrons. The Balaban J connectivity index is 2.61. The Kier molecular flexibility index (Phi) is 4.49. The molecule has 0 unspecified atom stereocenters. The second-order valence-electron chi connectivity index (χ2n) is 4.53. The fourth-order valence-corrected chi connectivity index (χ4v) is 1.63. The van der Waals surface area contributed by atoms with E-state index in [9.17, 15) is 9.18 Å². The molecule has 2 amide bonds. The van der Waals surface area contributed by atoms with Crippen LogP contribution in [0.25, 0.3) is 0 Å². The second-order valence-corrected chi connectivity index (χ2v) is 4.53. The van der Waals surface area contributed by atoms with E-state index in [1.54, 1.807) is 26.0 Å². The normalized spacial score (nSPS) is 10.5. The second kappa shape index (κ2) is 5.66. The van der Waals surface area contributed by atoms with E-state index in [2.05, 4.69) is 10.6 Å². The lowest BCUT2D eigenvalue weighted by Crippen LogP contribution is -2.39. The molecule has 1 aromatic rings. The van der Waals surface area contributed by atoms with Crippen molar-refractivity contribution >= 4 is 6.03 Å². The van der Waals surface area contributed by atoms with E-state index in [1.165, 1.54) is 0 Å². The van der Waals surface area contributed by atoms with E-state index in [0.29, 0.717) is 17.7 Å². The van der Waals surface area contributed by atoms with Crippen molar-refractivity contribution in [2.75, 3.05) is 0 Å². The topological polar surface area (TPSA) is 41.1 Å². The Labute approximate surface area is 101 Å². The minimum absolute atomic E-state index is 0.103. The van der Waals surface area contributed by atoms with E-state index >= 15 is 0 Å². The van der Waals surface area contributed by atoms with Crippen molar-refractivity contribution < 1.29 is 9.18 Å². The number of halogens is 1. The lowest BCUT2D eigenvalue weighted by Gasteiger charge is -2.11. The molecule has 1 aromatic carbocycles. The molecule has 0 heterocycles. The van der Waals surface area contributed by atoms with Gasteiger partial charge in [-0.05, 0) is 44.4 Å². The molecule has 1 rings (SSSR count). The number of aryl methyl sites for hydroxylation is 2. The highest BCUT2D eigenvalue weighted by atomic mass is 19.1. The van der Waals surface area contributed by atoms with Crippen LogP contribution in [0.3, 0.4) is 0 Å². The molecule has 0 saturated heterocycles. The van der Waals surface area contributed by atoms with Crippen molar-refractivity contribution in [2.45, 2.75) is 40.3 Å². The minimum atomic E-state index is -0.209. The van der Waals surface area contributed by atoms with Crippen LogP contribution in [0, 0.1) is 19.7 Å². The number of carbonyl (C=O) groups excluding carboxylic acids is 1. The van der Waals surface area contributed by atoms with Gasteiger partial charge in [-0.1, -0.05) is 12.1 Å². The van der Waals surface area contributed by atoms with Crippen LogP contribution in [0.4, 0.5) is 9.18 Å². The summed E-state index contributed by atoms with van der Waals surface area (Å²) in [6.45, 7) is 7.64. The number of hydrogen-bond donors (Lipinski definition) is 2. The van der Waals surface area contributed by atoms with Crippen LogP contribution in [0.1, 0.15) is 30.5 Å². The first-order valence-electron chi connectivity index (χ1n) is 5.70. The summed E-state index contributed by atoms with van der Waals surface area (Å²) in [5.41, 5.74) is 2.11. The first-order chi connectivity index (χ1) is 7.90. The van der Waals surface area contributed by atoms with E-state index in [4.69, 9.17) is 0 Å². The van der Waals surface area contributed by atoms with Gasteiger partial charge in [0.05, 0.1) is 0 Å². The first-order valence-corrected chi connectivity index (χ1v) is 5.70. The SMILES string of the molecule is Cc1cc(CNC(=O)NC(C)C)cc(C)c1F. The number of benzene rings is 1. The number of urea groups is 1. The van der Waals surface area contributed by atoms with Gasteiger partial charge in [0.2, 0.25) is 0 Å². The average molecular weight is 238 g/mol. The molecule has 0 saturated carbocycles. The van der Waals surface area contributed by atoms with Gasteiger partial charge in [0.15, 0.2) is 0 Å². The molecule has 0 fully saturated rings. The molecule has 0 bridgehead atoms. The van der Waals surface area contributed by atoms with Gasteiger partial charge in [-0.3, -0.25) is 0 Å². The standard InChI is InChI=1S/C13H19FN2O/c1-8(2)16-13(17)15-7-11-5-9(3)12(14)10(4)6-11/h5-6,8H,7H2,1-4H3,(H2,15,16,17). The first kappa shape index (κ1) is 13.5. The minimum Gasteiger partial charge on any atom is -0.336 e. The van der Waals surface area contributed by atoms with E-state index in [0.717, 1.165) is 5.56 Å². The van der Waals surface area contributed by atoms with Crippen molar-refractivity contribution in [1.82, 2.24) is 10.6 Å². The monoisotopic (exact) mass is 238 g/mol. The number of hydrogen-bond acceptors (Lipinski definition) is 1. The number of amides is 2. The largest absolute Gasteiger partial charge is 0.336 e. The van der Waals surface area contributed by atoms with Crippen molar-refractivity contribution in [2.24, 2.45) is 0 Å². The lowest BCUT2D eigenvalue weighted by atomic mass is 10.1. The summed E-state index contributed by atoms with van der Waals surface area (Å²) in [6.07, 6.45) is 0. The molecular formula is C13H19FN2O. The summed E-state index contributed by atoms with van der Waals surface area (Å²) in [7, 11) is 0. The summed E-state index contributed by atoms with van der Waals surface area (Å²) < 4.78 is 13.4. The third kappa shape index (κ3) is 4.06. The molecule has 0 spiro atoms. The van der Waals surface area contributed by atoms with Gasteiger partial charge in [-0.2, -0.15) is 0 Å². The molecule has 2 N–H and O–H groups in total. The smallest absolute Gasteiger partial charge is 0.315 e. The molecule has 17 heavy (non-hydrogen) atoms. The van der Waals surface area contributed by atoms with Gasteiger partial charge >= 0.3 is 6.03 Å². The quantitative estimate of drug-likeness (QED) is 0.835. The molecule has 0 aliphatic carbocycles. The summed E-state index contributed by atoms with van der Waals surface area (Å²) in [6, 6.07) is 3.39. The van der Waals surface area contributed by atoms with Gasteiger partial charge in [0, 0.05) is 12.6 Å². The molecule has 4 heteroatoms. The van der Waals surface area contributed by atoms with Crippen molar-refractivity contribution in [3.63, 3.8) is 0 Å². The van der Waals surface area contributed by atoms with Crippen LogP contribution in [-0.2, 0) is 6.54 Å². The van der Waals surface area contributed by atoms with Crippen LogP contribution in [-0.4, -0.2) is 12.1 Å². The predicted octanol–water partition coefficient (Wildman–Crippen LogP) is 2.65. The summed E-state index contributed by atoms with van der Waals surface area (Å²) in [5, 5.41) is 5.46. The third-order valence-corrected chi connectivity index (χ3v) is 2.37. The third-order valence-electron chi connectivity index (χ3n) is 2.37. The molecular weight excluding hydrogens is 219 g/mol. The predicted molar refractivity (Wildman–Crippen MR) is 66.4 cm³/mol. The fraction of sp³-hybridized carbons (Fsp3) is 0.462. The molecule has 0 atom stereocenters. The zero-order valence-corrected chi connectivity index (χ0v) is 10.7. The molecule has 0 aliphatic rings. The number of nitrogens with one attached hydrogen (secondary N) is 2. The maximum Gasteiger partial charge on any atom is 0.315 e. The highest BCUT2D eigenvalue weighted by Crippen LogP contribution is 2.14. The Morgan fingerprint density at radius 3 is 2.29 bits per heavy atom. The van der Waals surface area contributed by atoms with Crippen molar-refractivity contribution in [1.29, 1.82) is 0 Å². The summed E-state index contributed by atoms with van der Waals surface area (Å²) in [4.78, 5) is 11.4. The average Bonchev–Trinajstić information content (AvgIpc) is 2.22. The Bertz CT molecular complexity index is 393. The Morgan fingerprint density at radius 1 is 1.29 bits per heavy atom. The van der Waals surface area contributed by atoms with Crippen LogP contribution in [0.15, 0.2) is 12.1 Å². The van der Waals surface area contributed by atoms with Crippen molar-refractivity contribution in [3.8, 4) is 0 Å². The zero-order chi connectivity index (χ0) is 13.0. The highest BCUT2D eigenvalue weighted by molar-refractivity contribution is 5.74. The maximum absolute atomic E-state index is 13.4. The van der Waals surface area contributed by atoms with Gasteiger partial charge < -0.3 is 10.6 Å². The Morgan fingerprint density at radius 2 is 1.82 bits per heavy atom. The van der Waals surface area contributed by atoms with Gasteiger partial charge in [0.1, 0.15) is 5.82 Å². The van der Waals surface area contributed by atoms with E-state index in [-0.39, 0.29) is 17.9 Å². The van der Waals surface area contributed by atoms with E-state index < -0.39 is 0 Å². The van der Waals surface area contributed by atoms with Crippen LogP contribution >= 0.6 is 0 Å². The summed E-state index contributed by atoms with van der Waals surface area (Å²) in [5.74, 6) is -0.180. The fourth-order valence-electron chi connectivity index (χ4n) is 1.63. The van der Waals surface area contributed by atoms with Gasteiger partial charge in [-0.25, -0.2) is 9.18 Å². The summed E-state index contributed by atoms with van der Waals surface area (Å²) >= 11 is 0. The zero-order valence-electron chi connectivity index (χ0n) is 10.7. The van der Waals surface area contributed by atoms with Crippen molar-refractivity contribution in [3.05, 3.63) is 34.6 Å².